The van der Waals surface area contributed by atoms with Gasteiger partial charge in [-0.2, -0.15) is 0 Å². The molecule has 108 valence electrons. The van der Waals surface area contributed by atoms with Crippen LogP contribution < -0.4 is 0 Å². The third-order valence-electron chi connectivity index (χ3n) is 3.67. The van der Waals surface area contributed by atoms with E-state index in [1.165, 1.54) is 0 Å². The lowest BCUT2D eigenvalue weighted by molar-refractivity contribution is -0.152. The Balaban J connectivity index is 2.48. The first-order valence-electron chi connectivity index (χ1n) is 7.15. The van der Waals surface area contributed by atoms with Gasteiger partial charge in [-0.25, -0.2) is 4.99 Å². The highest BCUT2D eigenvalue weighted by atomic mass is 16.5. The minimum atomic E-state index is -0.791. The molecule has 0 aromatic heterocycles. The number of fused-ring (bicyclic) bond motifs is 1. The number of aliphatic imine (C=N–C) groups is 1. The van der Waals surface area contributed by atoms with E-state index in [0.717, 1.165) is 11.3 Å². The summed E-state index contributed by atoms with van der Waals surface area (Å²) >= 11 is 0. The Bertz CT molecular complexity index is 524. The number of ether oxygens (including phenoxy) is 2. The first kappa shape index (κ1) is 14.6. The van der Waals surface area contributed by atoms with Crippen LogP contribution in [0.1, 0.15) is 32.8 Å². The number of hydrogen-bond acceptors (Lipinski definition) is 4. The van der Waals surface area contributed by atoms with Gasteiger partial charge in [0.1, 0.15) is 5.41 Å². The van der Waals surface area contributed by atoms with Crippen LogP contribution in [0.3, 0.4) is 0 Å². The van der Waals surface area contributed by atoms with Crippen LogP contribution in [0.4, 0.5) is 5.69 Å². The van der Waals surface area contributed by atoms with E-state index < -0.39 is 5.41 Å². The first-order chi connectivity index (χ1) is 9.67. The van der Waals surface area contributed by atoms with E-state index in [0.29, 0.717) is 32.0 Å². The van der Waals surface area contributed by atoms with E-state index in [2.05, 4.69) is 4.99 Å². The summed E-state index contributed by atoms with van der Waals surface area (Å²) < 4.78 is 10.9. The van der Waals surface area contributed by atoms with Gasteiger partial charge in [-0.15, -0.1) is 0 Å². The van der Waals surface area contributed by atoms with E-state index in [9.17, 15) is 4.79 Å². The summed E-state index contributed by atoms with van der Waals surface area (Å²) in [5.41, 5.74) is 1.15. The van der Waals surface area contributed by atoms with Crippen LogP contribution in [0.5, 0.6) is 0 Å². The van der Waals surface area contributed by atoms with Crippen molar-refractivity contribution in [2.75, 3.05) is 13.2 Å². The standard InChI is InChI=1S/C16H21NO3/c1-4-16(15(18)20-6-3)11-12-9-7-8-10-13(12)17-14(16)19-5-2/h7-10H,4-6,11H2,1-3H3. The summed E-state index contributed by atoms with van der Waals surface area (Å²) in [6, 6.07) is 7.85. The van der Waals surface area contributed by atoms with E-state index in [1.807, 2.05) is 45.0 Å². The second kappa shape index (κ2) is 6.07. The number of para-hydroxylation sites is 1. The SMILES string of the molecule is CCOC(=O)C1(CC)Cc2ccccc2N=C1OCC. The van der Waals surface area contributed by atoms with Crippen LogP contribution in [-0.2, 0) is 20.7 Å². The van der Waals surface area contributed by atoms with Crippen LogP contribution >= 0.6 is 0 Å². The summed E-state index contributed by atoms with van der Waals surface area (Å²) in [4.78, 5) is 17.0. The third kappa shape index (κ3) is 2.42. The monoisotopic (exact) mass is 275 g/mol. The molecule has 0 spiro atoms. The number of hydrogen-bond donors (Lipinski definition) is 0. The molecular formula is C16H21NO3. The van der Waals surface area contributed by atoms with Gasteiger partial charge >= 0.3 is 5.97 Å². The Kier molecular flexibility index (Phi) is 4.42. The molecule has 1 heterocycles. The predicted molar refractivity (Wildman–Crippen MR) is 78.2 cm³/mol. The van der Waals surface area contributed by atoms with Crippen molar-refractivity contribution in [1.82, 2.24) is 0 Å². The molecule has 1 aromatic carbocycles. The molecule has 20 heavy (non-hydrogen) atoms. The molecule has 0 N–H and O–H groups in total. The van der Waals surface area contributed by atoms with Gasteiger partial charge < -0.3 is 9.47 Å². The summed E-state index contributed by atoms with van der Waals surface area (Å²) in [7, 11) is 0. The van der Waals surface area contributed by atoms with E-state index in [1.54, 1.807) is 0 Å². The van der Waals surface area contributed by atoms with Gasteiger partial charge in [0.15, 0.2) is 0 Å². The predicted octanol–water partition coefficient (Wildman–Crippen LogP) is 3.27. The maximum Gasteiger partial charge on any atom is 0.321 e. The minimum absolute atomic E-state index is 0.246. The summed E-state index contributed by atoms with van der Waals surface area (Å²) in [6.07, 6.45) is 1.19. The average Bonchev–Trinajstić information content (AvgIpc) is 2.47. The van der Waals surface area contributed by atoms with Crippen LogP contribution in [0.15, 0.2) is 29.3 Å². The molecule has 0 aliphatic carbocycles. The lowest BCUT2D eigenvalue weighted by atomic mass is 9.76. The van der Waals surface area contributed by atoms with E-state index >= 15 is 0 Å². The summed E-state index contributed by atoms with van der Waals surface area (Å²) in [5, 5.41) is 0. The summed E-state index contributed by atoms with van der Waals surface area (Å²) in [5.74, 6) is 0.240. The van der Waals surface area contributed by atoms with Crippen molar-refractivity contribution in [3.63, 3.8) is 0 Å². The highest BCUT2D eigenvalue weighted by molar-refractivity contribution is 6.05. The van der Waals surface area contributed by atoms with Crippen molar-refractivity contribution in [3.05, 3.63) is 29.8 Å². The molecule has 0 saturated carbocycles. The number of carbonyl (C=O) groups excluding carboxylic acids is 1. The van der Waals surface area contributed by atoms with Crippen LogP contribution in [0.25, 0.3) is 0 Å². The fourth-order valence-electron chi connectivity index (χ4n) is 2.54. The maximum atomic E-state index is 12.5. The average molecular weight is 275 g/mol. The number of carbonyl (C=O) groups is 1. The van der Waals surface area contributed by atoms with Crippen molar-refractivity contribution in [1.29, 1.82) is 0 Å². The number of esters is 1. The molecule has 2 rings (SSSR count). The Morgan fingerprint density at radius 2 is 2.00 bits per heavy atom. The van der Waals surface area contributed by atoms with Crippen molar-refractivity contribution >= 4 is 17.6 Å². The van der Waals surface area contributed by atoms with Crippen molar-refractivity contribution in [3.8, 4) is 0 Å². The number of benzene rings is 1. The highest BCUT2D eigenvalue weighted by Gasteiger charge is 2.47. The molecular weight excluding hydrogens is 254 g/mol. The Hall–Kier alpha value is -1.84. The second-order valence-electron chi connectivity index (χ2n) is 4.81. The van der Waals surface area contributed by atoms with Crippen molar-refractivity contribution in [2.45, 2.75) is 33.6 Å². The molecule has 0 bridgehead atoms. The maximum absolute atomic E-state index is 12.5. The first-order valence-corrected chi connectivity index (χ1v) is 7.15. The second-order valence-corrected chi connectivity index (χ2v) is 4.81. The van der Waals surface area contributed by atoms with Crippen molar-refractivity contribution in [2.24, 2.45) is 10.4 Å². The van der Waals surface area contributed by atoms with E-state index in [4.69, 9.17) is 9.47 Å². The zero-order valence-corrected chi connectivity index (χ0v) is 12.3. The van der Waals surface area contributed by atoms with Gasteiger partial charge in [-0.1, -0.05) is 25.1 Å². The number of rotatable bonds is 4. The molecule has 1 atom stereocenters. The van der Waals surface area contributed by atoms with Gasteiger partial charge in [-0.05, 0) is 38.3 Å². The van der Waals surface area contributed by atoms with Crippen LogP contribution in [0.2, 0.25) is 0 Å². The molecule has 0 amide bonds. The molecule has 0 saturated heterocycles. The lowest BCUT2D eigenvalue weighted by Gasteiger charge is -2.34. The van der Waals surface area contributed by atoms with Gasteiger partial charge in [0.05, 0.1) is 18.9 Å². The minimum Gasteiger partial charge on any atom is -0.480 e. The Morgan fingerprint density at radius 1 is 1.25 bits per heavy atom. The van der Waals surface area contributed by atoms with Gasteiger partial charge in [-0.3, -0.25) is 4.79 Å². The number of nitrogens with zero attached hydrogens (tertiary/aromatic N) is 1. The van der Waals surface area contributed by atoms with E-state index in [-0.39, 0.29) is 5.97 Å². The largest absolute Gasteiger partial charge is 0.480 e. The van der Waals surface area contributed by atoms with Gasteiger partial charge in [0.2, 0.25) is 5.90 Å². The molecule has 1 unspecified atom stereocenters. The topological polar surface area (TPSA) is 47.9 Å². The fraction of sp³-hybridized carbons (Fsp3) is 0.500. The Morgan fingerprint density at radius 3 is 2.65 bits per heavy atom. The Labute approximate surface area is 119 Å². The molecule has 0 fully saturated rings. The molecule has 0 radical (unpaired) electrons. The quantitative estimate of drug-likeness (QED) is 0.792. The third-order valence-corrected chi connectivity index (χ3v) is 3.67. The van der Waals surface area contributed by atoms with Crippen molar-refractivity contribution < 1.29 is 14.3 Å². The molecule has 1 aliphatic heterocycles. The normalized spacial score (nSPS) is 20.9. The zero-order chi connectivity index (χ0) is 14.6. The fourth-order valence-corrected chi connectivity index (χ4v) is 2.54. The molecule has 1 aliphatic rings. The molecule has 1 aromatic rings. The van der Waals surface area contributed by atoms with Crippen LogP contribution in [-0.4, -0.2) is 25.1 Å². The summed E-state index contributed by atoms with van der Waals surface area (Å²) in [6.45, 7) is 6.54. The van der Waals surface area contributed by atoms with Gasteiger partial charge in [0, 0.05) is 0 Å². The van der Waals surface area contributed by atoms with Gasteiger partial charge in [0.25, 0.3) is 0 Å². The highest BCUT2D eigenvalue weighted by Crippen LogP contribution is 2.39. The van der Waals surface area contributed by atoms with Crippen LogP contribution in [0, 0.1) is 5.41 Å². The lowest BCUT2D eigenvalue weighted by Crippen LogP contribution is -2.45. The smallest absolute Gasteiger partial charge is 0.321 e. The molecule has 4 heteroatoms. The zero-order valence-electron chi connectivity index (χ0n) is 12.3. The molecule has 4 nitrogen and oxygen atoms in total.